The summed E-state index contributed by atoms with van der Waals surface area (Å²) in [5.41, 5.74) is 4.97. The Hall–Kier alpha value is -1.92. The van der Waals surface area contributed by atoms with E-state index in [-0.39, 0.29) is 11.3 Å². The highest BCUT2D eigenvalue weighted by Gasteiger charge is 2.31. The summed E-state index contributed by atoms with van der Waals surface area (Å²) in [6.07, 6.45) is -4.79. The van der Waals surface area contributed by atoms with Crippen LogP contribution in [0.1, 0.15) is 10.4 Å². The number of primary amides is 1. The number of nitrogens with two attached hydrogens (primary N) is 1. The minimum Gasteiger partial charge on any atom is -0.496 e. The first-order chi connectivity index (χ1) is 7.33. The average molecular weight is 235 g/mol. The lowest BCUT2D eigenvalue weighted by atomic mass is 10.2. The molecule has 0 radical (unpaired) electrons. The molecule has 1 amide bonds. The van der Waals surface area contributed by atoms with Gasteiger partial charge in [-0.25, -0.2) is 0 Å². The van der Waals surface area contributed by atoms with E-state index in [1.807, 2.05) is 0 Å². The van der Waals surface area contributed by atoms with Crippen LogP contribution in [0.4, 0.5) is 13.2 Å². The molecule has 0 spiro atoms. The molecule has 0 aliphatic carbocycles. The van der Waals surface area contributed by atoms with Gasteiger partial charge in [-0.15, -0.1) is 13.2 Å². The zero-order chi connectivity index (χ0) is 12.3. The second-order valence-electron chi connectivity index (χ2n) is 2.77. The molecule has 0 aliphatic heterocycles. The highest BCUT2D eigenvalue weighted by molar-refractivity contribution is 5.95. The molecule has 0 saturated carbocycles. The molecule has 0 bridgehead atoms. The number of benzene rings is 1. The summed E-state index contributed by atoms with van der Waals surface area (Å²) in [5, 5.41) is 0. The van der Waals surface area contributed by atoms with Gasteiger partial charge in [-0.1, -0.05) is 0 Å². The normalized spacial score (nSPS) is 11.0. The van der Waals surface area contributed by atoms with Gasteiger partial charge in [0.25, 0.3) is 5.91 Å². The molecule has 0 atom stereocenters. The van der Waals surface area contributed by atoms with Crippen LogP contribution in [0.2, 0.25) is 0 Å². The molecule has 88 valence electrons. The predicted molar refractivity (Wildman–Crippen MR) is 48.2 cm³/mol. The number of ether oxygens (including phenoxy) is 2. The third-order valence-electron chi connectivity index (χ3n) is 1.67. The van der Waals surface area contributed by atoms with Crippen LogP contribution < -0.4 is 15.2 Å². The highest BCUT2D eigenvalue weighted by Crippen LogP contribution is 2.28. The Balaban J connectivity index is 3.05. The second kappa shape index (κ2) is 4.30. The SMILES string of the molecule is COc1cc(OC(F)(F)F)ccc1C(N)=O. The Morgan fingerprint density at radius 3 is 2.44 bits per heavy atom. The average Bonchev–Trinajstić information content (AvgIpc) is 2.14. The van der Waals surface area contributed by atoms with Crippen LogP contribution in [-0.2, 0) is 0 Å². The molecule has 16 heavy (non-hydrogen) atoms. The third kappa shape index (κ3) is 3.04. The Morgan fingerprint density at radius 2 is 2.00 bits per heavy atom. The van der Waals surface area contributed by atoms with Crippen LogP contribution in [0.25, 0.3) is 0 Å². The molecule has 0 heterocycles. The molecular formula is C9H8F3NO3. The molecular weight excluding hydrogens is 227 g/mol. The van der Waals surface area contributed by atoms with E-state index < -0.39 is 18.0 Å². The van der Waals surface area contributed by atoms with Crippen LogP contribution in [0.15, 0.2) is 18.2 Å². The lowest BCUT2D eigenvalue weighted by Gasteiger charge is -2.11. The van der Waals surface area contributed by atoms with Crippen molar-refractivity contribution >= 4 is 5.91 Å². The predicted octanol–water partition coefficient (Wildman–Crippen LogP) is 1.69. The quantitative estimate of drug-likeness (QED) is 0.867. The van der Waals surface area contributed by atoms with Crippen molar-refractivity contribution in [3.8, 4) is 11.5 Å². The lowest BCUT2D eigenvalue weighted by Crippen LogP contribution is -2.18. The number of hydrogen-bond donors (Lipinski definition) is 1. The van der Waals surface area contributed by atoms with E-state index in [0.29, 0.717) is 0 Å². The summed E-state index contributed by atoms with van der Waals surface area (Å²) in [6.45, 7) is 0. The van der Waals surface area contributed by atoms with E-state index in [0.717, 1.165) is 18.2 Å². The Bertz CT molecular complexity index is 403. The van der Waals surface area contributed by atoms with Gasteiger partial charge in [-0.05, 0) is 12.1 Å². The molecule has 0 aliphatic rings. The largest absolute Gasteiger partial charge is 0.573 e. The van der Waals surface area contributed by atoms with E-state index in [2.05, 4.69) is 4.74 Å². The Kier molecular flexibility index (Phi) is 3.26. The maximum atomic E-state index is 11.9. The first-order valence-corrected chi connectivity index (χ1v) is 4.07. The van der Waals surface area contributed by atoms with E-state index >= 15 is 0 Å². The van der Waals surface area contributed by atoms with Crippen molar-refractivity contribution in [3.63, 3.8) is 0 Å². The standard InChI is InChI=1S/C9H8F3NO3/c1-15-7-4-5(16-9(10,11)12)2-3-6(7)8(13)14/h2-4H,1H3,(H2,13,14). The van der Waals surface area contributed by atoms with Gasteiger partial charge in [0.2, 0.25) is 0 Å². The van der Waals surface area contributed by atoms with Crippen molar-refractivity contribution in [1.29, 1.82) is 0 Å². The minimum atomic E-state index is -4.79. The summed E-state index contributed by atoms with van der Waals surface area (Å²) in [6, 6.07) is 3.02. The Labute approximate surface area is 88.8 Å². The molecule has 7 heteroatoms. The van der Waals surface area contributed by atoms with Crippen molar-refractivity contribution in [1.82, 2.24) is 0 Å². The van der Waals surface area contributed by atoms with Crippen molar-refractivity contribution in [3.05, 3.63) is 23.8 Å². The van der Waals surface area contributed by atoms with Crippen molar-refractivity contribution in [2.45, 2.75) is 6.36 Å². The fourth-order valence-corrected chi connectivity index (χ4v) is 1.07. The molecule has 1 rings (SSSR count). The summed E-state index contributed by atoms with van der Waals surface area (Å²) >= 11 is 0. The van der Waals surface area contributed by atoms with Crippen LogP contribution in [0.3, 0.4) is 0 Å². The minimum absolute atomic E-state index is 0.0166. The zero-order valence-corrected chi connectivity index (χ0v) is 8.17. The van der Waals surface area contributed by atoms with Crippen LogP contribution in [0, 0.1) is 0 Å². The smallest absolute Gasteiger partial charge is 0.496 e. The summed E-state index contributed by atoms with van der Waals surface area (Å²) in [5.74, 6) is -1.35. The molecule has 0 aromatic heterocycles. The van der Waals surface area contributed by atoms with Crippen molar-refractivity contribution < 1.29 is 27.4 Å². The van der Waals surface area contributed by atoms with Crippen LogP contribution in [0.5, 0.6) is 11.5 Å². The Morgan fingerprint density at radius 1 is 1.38 bits per heavy atom. The maximum absolute atomic E-state index is 11.9. The molecule has 0 unspecified atom stereocenters. The molecule has 2 N–H and O–H groups in total. The number of hydrogen-bond acceptors (Lipinski definition) is 3. The summed E-state index contributed by atoms with van der Waals surface area (Å²) < 4.78 is 44.0. The number of carbonyl (C=O) groups is 1. The van der Waals surface area contributed by atoms with Gasteiger partial charge in [0.15, 0.2) is 0 Å². The lowest BCUT2D eigenvalue weighted by molar-refractivity contribution is -0.274. The number of halogens is 3. The van der Waals surface area contributed by atoms with Gasteiger partial charge >= 0.3 is 6.36 Å². The molecule has 1 aromatic rings. The number of amides is 1. The molecule has 1 aromatic carbocycles. The van der Waals surface area contributed by atoms with Gasteiger partial charge in [0.05, 0.1) is 12.7 Å². The van der Waals surface area contributed by atoms with Gasteiger partial charge in [-0.2, -0.15) is 0 Å². The number of alkyl halides is 3. The van der Waals surface area contributed by atoms with Gasteiger partial charge in [0.1, 0.15) is 11.5 Å². The third-order valence-corrected chi connectivity index (χ3v) is 1.67. The summed E-state index contributed by atoms with van der Waals surface area (Å²) in [4.78, 5) is 10.9. The van der Waals surface area contributed by atoms with Gasteiger partial charge < -0.3 is 15.2 Å². The van der Waals surface area contributed by atoms with Crippen LogP contribution >= 0.6 is 0 Å². The van der Waals surface area contributed by atoms with Gasteiger partial charge in [-0.3, -0.25) is 4.79 Å². The van der Waals surface area contributed by atoms with Crippen LogP contribution in [-0.4, -0.2) is 19.4 Å². The fourth-order valence-electron chi connectivity index (χ4n) is 1.07. The van der Waals surface area contributed by atoms with E-state index in [9.17, 15) is 18.0 Å². The first-order valence-electron chi connectivity index (χ1n) is 4.07. The van der Waals surface area contributed by atoms with E-state index in [1.165, 1.54) is 7.11 Å². The van der Waals surface area contributed by atoms with E-state index in [1.54, 1.807) is 0 Å². The monoisotopic (exact) mass is 235 g/mol. The first kappa shape index (κ1) is 12.2. The topological polar surface area (TPSA) is 61.6 Å². The second-order valence-corrected chi connectivity index (χ2v) is 2.77. The van der Waals surface area contributed by atoms with Crippen molar-refractivity contribution in [2.24, 2.45) is 5.73 Å². The fraction of sp³-hybridized carbons (Fsp3) is 0.222. The maximum Gasteiger partial charge on any atom is 0.573 e. The van der Waals surface area contributed by atoms with E-state index in [4.69, 9.17) is 10.5 Å². The van der Waals surface area contributed by atoms with Crippen molar-refractivity contribution in [2.75, 3.05) is 7.11 Å². The zero-order valence-electron chi connectivity index (χ0n) is 8.17. The molecule has 0 saturated heterocycles. The molecule has 4 nitrogen and oxygen atoms in total. The summed E-state index contributed by atoms with van der Waals surface area (Å²) in [7, 11) is 1.21. The molecule has 0 fully saturated rings. The highest BCUT2D eigenvalue weighted by atomic mass is 19.4. The number of carbonyl (C=O) groups excluding carboxylic acids is 1. The van der Waals surface area contributed by atoms with Gasteiger partial charge in [0, 0.05) is 6.07 Å². The number of rotatable bonds is 3. The number of methoxy groups -OCH3 is 1.